The van der Waals surface area contributed by atoms with Gasteiger partial charge >= 0.3 is 0 Å². The van der Waals surface area contributed by atoms with Crippen LogP contribution in [0.5, 0.6) is 0 Å². The molecule has 5 nitrogen and oxygen atoms in total. The van der Waals surface area contributed by atoms with Crippen LogP contribution in [0.3, 0.4) is 0 Å². The summed E-state index contributed by atoms with van der Waals surface area (Å²) in [6, 6.07) is 9.51. The van der Waals surface area contributed by atoms with Crippen LogP contribution >= 0.6 is 12.2 Å². The van der Waals surface area contributed by atoms with E-state index in [2.05, 4.69) is 4.98 Å². The minimum absolute atomic E-state index is 0.157. The number of hydrogen-bond donors (Lipinski definition) is 1. The maximum Gasteiger partial charge on any atom is 0.153 e. The Morgan fingerprint density at radius 1 is 1.24 bits per heavy atom. The van der Waals surface area contributed by atoms with Crippen molar-refractivity contribution in [1.29, 1.82) is 0 Å². The van der Waals surface area contributed by atoms with Gasteiger partial charge in [-0.2, -0.15) is 0 Å². The summed E-state index contributed by atoms with van der Waals surface area (Å²) in [5.74, 6) is 1.04. The molecule has 21 heavy (non-hydrogen) atoms. The zero-order valence-corrected chi connectivity index (χ0v) is 13.0. The van der Waals surface area contributed by atoms with Gasteiger partial charge in [0.1, 0.15) is 10.8 Å². The fraction of sp³-hybridized carbons (Fsp3) is 0.286. The van der Waals surface area contributed by atoms with Crippen LogP contribution in [0.25, 0.3) is 10.9 Å². The molecule has 2 aromatic rings. The van der Waals surface area contributed by atoms with E-state index in [9.17, 15) is 8.42 Å². The molecule has 2 heterocycles. The van der Waals surface area contributed by atoms with Crippen LogP contribution in [0.15, 0.2) is 30.3 Å². The lowest BCUT2D eigenvalue weighted by atomic mass is 10.1. The SMILES string of the molecule is NC(=S)c1cc(N2CCS(=O)(=O)CC2)nc2ccccc12. The molecule has 0 bridgehead atoms. The normalized spacial score (nSPS) is 17.8. The third-order valence-electron chi connectivity index (χ3n) is 3.64. The number of aromatic nitrogens is 1. The van der Waals surface area contributed by atoms with Gasteiger partial charge in [0.25, 0.3) is 0 Å². The van der Waals surface area contributed by atoms with E-state index in [0.29, 0.717) is 18.1 Å². The maximum atomic E-state index is 11.5. The van der Waals surface area contributed by atoms with Crippen LogP contribution in [-0.2, 0) is 9.84 Å². The second kappa shape index (κ2) is 5.23. The van der Waals surface area contributed by atoms with Gasteiger partial charge in [-0.1, -0.05) is 30.4 Å². The van der Waals surface area contributed by atoms with Crippen LogP contribution in [0.4, 0.5) is 5.82 Å². The van der Waals surface area contributed by atoms with Gasteiger partial charge in [0.15, 0.2) is 9.84 Å². The Morgan fingerprint density at radius 3 is 2.57 bits per heavy atom. The first-order chi connectivity index (χ1) is 9.96. The number of anilines is 1. The zero-order valence-electron chi connectivity index (χ0n) is 11.3. The second-order valence-electron chi connectivity index (χ2n) is 5.05. The monoisotopic (exact) mass is 321 g/mol. The molecule has 0 atom stereocenters. The minimum Gasteiger partial charge on any atom is -0.389 e. The van der Waals surface area contributed by atoms with E-state index in [0.717, 1.165) is 22.3 Å². The average molecular weight is 321 g/mol. The quantitative estimate of drug-likeness (QED) is 0.835. The van der Waals surface area contributed by atoms with Crippen molar-refractivity contribution in [2.75, 3.05) is 29.5 Å². The number of nitrogens with zero attached hydrogens (tertiary/aromatic N) is 2. The molecule has 7 heteroatoms. The molecule has 0 aliphatic carbocycles. The first-order valence-corrected chi connectivity index (χ1v) is 8.84. The highest BCUT2D eigenvalue weighted by Crippen LogP contribution is 2.24. The third kappa shape index (κ3) is 2.84. The number of rotatable bonds is 2. The Balaban J connectivity index is 2.06. The molecule has 1 saturated heterocycles. The van der Waals surface area contributed by atoms with Gasteiger partial charge in [-0.3, -0.25) is 0 Å². The van der Waals surface area contributed by atoms with E-state index in [1.807, 2.05) is 35.2 Å². The predicted octanol–water partition coefficient (Wildman–Crippen LogP) is 1.10. The number of hydrogen-bond acceptors (Lipinski definition) is 5. The van der Waals surface area contributed by atoms with Crippen molar-refractivity contribution < 1.29 is 8.42 Å². The van der Waals surface area contributed by atoms with Crippen molar-refractivity contribution in [2.24, 2.45) is 5.73 Å². The lowest BCUT2D eigenvalue weighted by Crippen LogP contribution is -2.40. The Morgan fingerprint density at radius 2 is 1.90 bits per heavy atom. The fourth-order valence-electron chi connectivity index (χ4n) is 2.47. The van der Waals surface area contributed by atoms with E-state index in [1.54, 1.807) is 0 Å². The molecule has 0 spiro atoms. The number of benzene rings is 1. The second-order valence-corrected chi connectivity index (χ2v) is 7.79. The van der Waals surface area contributed by atoms with Crippen molar-refractivity contribution in [3.05, 3.63) is 35.9 Å². The number of nitrogens with two attached hydrogens (primary N) is 1. The molecular formula is C14H15N3O2S2. The Labute approximate surface area is 128 Å². The first-order valence-electron chi connectivity index (χ1n) is 6.61. The van der Waals surface area contributed by atoms with Crippen LogP contribution in [0, 0.1) is 0 Å². The first kappa shape index (κ1) is 14.2. The van der Waals surface area contributed by atoms with Gasteiger partial charge in [0.05, 0.1) is 17.0 Å². The van der Waals surface area contributed by atoms with Crippen molar-refractivity contribution in [2.45, 2.75) is 0 Å². The highest BCUT2D eigenvalue weighted by atomic mass is 32.2. The van der Waals surface area contributed by atoms with Gasteiger partial charge < -0.3 is 10.6 Å². The average Bonchev–Trinajstić information content (AvgIpc) is 2.46. The van der Waals surface area contributed by atoms with E-state index in [4.69, 9.17) is 18.0 Å². The summed E-state index contributed by atoms with van der Waals surface area (Å²) < 4.78 is 23.1. The van der Waals surface area contributed by atoms with Crippen LogP contribution in [0.1, 0.15) is 5.56 Å². The lowest BCUT2D eigenvalue weighted by molar-refractivity contribution is 0.586. The number of fused-ring (bicyclic) bond motifs is 1. The van der Waals surface area contributed by atoms with Gasteiger partial charge in [-0.25, -0.2) is 13.4 Å². The highest BCUT2D eigenvalue weighted by Gasteiger charge is 2.23. The molecule has 1 aliphatic rings. The summed E-state index contributed by atoms with van der Waals surface area (Å²) in [4.78, 5) is 6.89. The molecular weight excluding hydrogens is 306 g/mol. The van der Waals surface area contributed by atoms with Crippen LogP contribution in [0.2, 0.25) is 0 Å². The topological polar surface area (TPSA) is 76.3 Å². The Bertz CT molecular complexity index is 804. The molecule has 2 N–H and O–H groups in total. The van der Waals surface area contributed by atoms with Gasteiger partial charge in [-0.05, 0) is 12.1 Å². The summed E-state index contributed by atoms with van der Waals surface area (Å²) in [7, 11) is -2.91. The molecule has 1 aliphatic heterocycles. The molecule has 0 unspecified atom stereocenters. The molecule has 110 valence electrons. The summed E-state index contributed by atoms with van der Waals surface area (Å²) in [5.41, 5.74) is 7.40. The number of sulfone groups is 1. The molecule has 0 amide bonds. The summed E-state index contributed by atoms with van der Waals surface area (Å²) in [5, 5.41) is 0.915. The molecule has 0 saturated carbocycles. The summed E-state index contributed by atoms with van der Waals surface area (Å²) in [6.45, 7) is 0.898. The van der Waals surface area contributed by atoms with E-state index in [1.165, 1.54) is 0 Å². The fourth-order valence-corrected chi connectivity index (χ4v) is 3.84. The highest BCUT2D eigenvalue weighted by molar-refractivity contribution is 7.91. The standard InChI is InChI=1S/C14H15N3O2S2/c15-14(20)11-9-13(16-12-4-2-1-3-10(11)12)17-5-7-21(18,19)8-6-17/h1-4,9H,5-8H2,(H2,15,20). The van der Waals surface area contributed by atoms with Crippen molar-refractivity contribution in [3.63, 3.8) is 0 Å². The Kier molecular flexibility index (Phi) is 3.54. The number of para-hydroxylation sites is 1. The third-order valence-corrected chi connectivity index (χ3v) is 5.47. The van der Waals surface area contributed by atoms with Crippen LogP contribution in [-0.4, -0.2) is 43.0 Å². The molecule has 3 rings (SSSR count). The largest absolute Gasteiger partial charge is 0.389 e. The molecule has 0 radical (unpaired) electrons. The predicted molar refractivity (Wildman–Crippen MR) is 88.5 cm³/mol. The van der Waals surface area contributed by atoms with Crippen molar-refractivity contribution >= 4 is 43.8 Å². The summed E-state index contributed by atoms with van der Waals surface area (Å²) in [6.07, 6.45) is 0. The van der Waals surface area contributed by atoms with E-state index in [-0.39, 0.29) is 11.5 Å². The van der Waals surface area contributed by atoms with Gasteiger partial charge in [0.2, 0.25) is 0 Å². The molecule has 1 aromatic heterocycles. The van der Waals surface area contributed by atoms with E-state index >= 15 is 0 Å². The van der Waals surface area contributed by atoms with Crippen molar-refractivity contribution in [1.82, 2.24) is 4.98 Å². The van der Waals surface area contributed by atoms with Crippen LogP contribution < -0.4 is 10.6 Å². The molecule has 1 fully saturated rings. The number of pyridine rings is 1. The van der Waals surface area contributed by atoms with E-state index < -0.39 is 9.84 Å². The Hall–Kier alpha value is -1.73. The van der Waals surface area contributed by atoms with Gasteiger partial charge in [-0.15, -0.1) is 0 Å². The lowest BCUT2D eigenvalue weighted by Gasteiger charge is -2.28. The summed E-state index contributed by atoms with van der Waals surface area (Å²) >= 11 is 5.12. The zero-order chi connectivity index (χ0) is 15.0. The number of thiocarbonyl (C=S) groups is 1. The smallest absolute Gasteiger partial charge is 0.153 e. The van der Waals surface area contributed by atoms with Gasteiger partial charge in [0, 0.05) is 24.0 Å². The minimum atomic E-state index is -2.91. The molecule has 1 aromatic carbocycles. The maximum absolute atomic E-state index is 11.5. The van der Waals surface area contributed by atoms with Crippen molar-refractivity contribution in [3.8, 4) is 0 Å².